The molecule has 0 aromatic heterocycles. The molecule has 0 bridgehead atoms. The number of rotatable bonds is 14. The van der Waals surface area contributed by atoms with Crippen molar-refractivity contribution in [3.05, 3.63) is 40.0 Å². The molecule has 198 valence electrons. The molecule has 0 atom stereocenters. The summed E-state index contributed by atoms with van der Waals surface area (Å²) in [6, 6.07) is 5.20. The van der Waals surface area contributed by atoms with Gasteiger partial charge in [0.1, 0.15) is 5.69 Å². The molecular weight excluding hydrogens is 460 g/mol. The van der Waals surface area contributed by atoms with Crippen LogP contribution in [0, 0.1) is 16.0 Å². The molecule has 35 heavy (non-hydrogen) atoms. The second kappa shape index (κ2) is 13.8. The van der Waals surface area contributed by atoms with E-state index in [1.807, 2.05) is 6.07 Å². The quantitative estimate of drug-likeness (QED) is 0.0662. The maximum absolute atomic E-state index is 12.0. The van der Waals surface area contributed by atoms with E-state index in [4.69, 9.17) is 9.16 Å². The first-order valence-corrected chi connectivity index (χ1v) is 15.6. The molecule has 0 amide bonds. The first-order chi connectivity index (χ1) is 16.2. The molecule has 0 saturated heterocycles. The molecule has 1 aromatic carbocycles. The number of benzene rings is 1. The number of nitrogens with zero attached hydrogens (tertiary/aromatic N) is 2. The van der Waals surface area contributed by atoms with E-state index in [1.54, 1.807) is 26.0 Å². The van der Waals surface area contributed by atoms with Crippen LogP contribution in [0.4, 0.5) is 11.4 Å². The molecule has 0 radical (unpaired) electrons. The SMILES string of the molecule is CCOC(=O)/C=C(\C)c1ccc(N(CCCCCO[Si](C)(C)C(C)(C)C)CC(C)C)c([N+](=O)[O-])c1. The van der Waals surface area contributed by atoms with E-state index in [1.165, 1.54) is 6.08 Å². The lowest BCUT2D eigenvalue weighted by Gasteiger charge is -2.36. The van der Waals surface area contributed by atoms with Crippen molar-refractivity contribution in [2.24, 2.45) is 5.92 Å². The number of carbonyl (C=O) groups excluding carboxylic acids is 1. The molecule has 7 nitrogen and oxygen atoms in total. The Hall–Kier alpha value is -2.19. The molecule has 0 spiro atoms. The van der Waals surface area contributed by atoms with Gasteiger partial charge in [-0.05, 0) is 74.4 Å². The van der Waals surface area contributed by atoms with Crippen molar-refractivity contribution in [2.45, 2.75) is 85.9 Å². The summed E-state index contributed by atoms with van der Waals surface area (Å²) < 4.78 is 11.2. The van der Waals surface area contributed by atoms with E-state index in [2.05, 4.69) is 52.6 Å². The number of nitro groups is 1. The van der Waals surface area contributed by atoms with Crippen LogP contribution in [0.3, 0.4) is 0 Å². The smallest absolute Gasteiger partial charge is 0.331 e. The zero-order chi connectivity index (χ0) is 26.8. The number of esters is 1. The Labute approximate surface area is 213 Å². The first kappa shape index (κ1) is 30.8. The van der Waals surface area contributed by atoms with Gasteiger partial charge in [0.15, 0.2) is 8.32 Å². The van der Waals surface area contributed by atoms with Gasteiger partial charge in [0.05, 0.1) is 11.5 Å². The summed E-state index contributed by atoms with van der Waals surface area (Å²) in [7, 11) is -1.73. The summed E-state index contributed by atoms with van der Waals surface area (Å²) in [6.45, 7) is 21.5. The van der Waals surface area contributed by atoms with Gasteiger partial charge in [-0.25, -0.2) is 4.79 Å². The van der Waals surface area contributed by atoms with E-state index < -0.39 is 14.3 Å². The lowest BCUT2D eigenvalue weighted by atomic mass is 10.0. The minimum atomic E-state index is -1.73. The Kier molecular flexibility index (Phi) is 12.1. The number of unbranched alkanes of at least 4 members (excludes halogenated alkanes) is 2. The standard InChI is InChI=1S/C27H46N2O5Si/c1-10-33-26(30)18-22(4)23-14-15-24(25(19-23)29(31)32)28(20-21(2)3)16-12-11-13-17-34-35(8,9)27(5,6)7/h14-15,18-19,21H,10-13,16-17,20H2,1-9H3/b22-18+. The van der Waals surface area contributed by atoms with Gasteiger partial charge in [-0.1, -0.05) is 40.7 Å². The van der Waals surface area contributed by atoms with Crippen molar-refractivity contribution in [1.29, 1.82) is 0 Å². The van der Waals surface area contributed by atoms with Gasteiger partial charge >= 0.3 is 5.97 Å². The molecule has 8 heteroatoms. The average Bonchev–Trinajstić information content (AvgIpc) is 2.73. The van der Waals surface area contributed by atoms with Crippen LogP contribution in [0.5, 0.6) is 0 Å². The third-order valence-corrected chi connectivity index (χ3v) is 11.1. The topological polar surface area (TPSA) is 81.9 Å². The van der Waals surface area contributed by atoms with E-state index in [0.29, 0.717) is 22.7 Å². The fourth-order valence-electron chi connectivity index (χ4n) is 3.50. The largest absolute Gasteiger partial charge is 0.463 e. The molecule has 0 saturated carbocycles. The zero-order valence-corrected chi connectivity index (χ0v) is 24.3. The highest BCUT2D eigenvalue weighted by atomic mass is 28.4. The Morgan fingerprint density at radius 1 is 1.20 bits per heavy atom. The Balaban J connectivity index is 2.93. The minimum Gasteiger partial charge on any atom is -0.463 e. The maximum atomic E-state index is 12.0. The van der Waals surface area contributed by atoms with Crippen LogP contribution in [-0.4, -0.2) is 45.5 Å². The van der Waals surface area contributed by atoms with Crippen molar-refractivity contribution in [1.82, 2.24) is 0 Å². The fraction of sp³-hybridized carbons (Fsp3) is 0.667. The number of hydrogen-bond acceptors (Lipinski definition) is 6. The lowest BCUT2D eigenvalue weighted by Crippen LogP contribution is -2.40. The molecular formula is C27H46N2O5Si. The van der Waals surface area contributed by atoms with Crippen LogP contribution < -0.4 is 4.90 Å². The van der Waals surface area contributed by atoms with Crippen LogP contribution in [0.1, 0.15) is 73.3 Å². The predicted molar refractivity (Wildman–Crippen MR) is 147 cm³/mol. The lowest BCUT2D eigenvalue weighted by molar-refractivity contribution is -0.384. The summed E-state index contributed by atoms with van der Waals surface area (Å²) in [4.78, 5) is 25.5. The van der Waals surface area contributed by atoms with E-state index in [0.717, 1.165) is 39.0 Å². The molecule has 0 fully saturated rings. The van der Waals surface area contributed by atoms with Crippen LogP contribution >= 0.6 is 0 Å². The van der Waals surface area contributed by atoms with E-state index >= 15 is 0 Å². The highest BCUT2D eigenvalue weighted by Crippen LogP contribution is 2.36. The third kappa shape index (κ3) is 10.1. The van der Waals surface area contributed by atoms with Crippen molar-refractivity contribution >= 4 is 31.2 Å². The summed E-state index contributed by atoms with van der Waals surface area (Å²) in [5.74, 6) is -0.0858. The van der Waals surface area contributed by atoms with E-state index in [9.17, 15) is 14.9 Å². The Bertz CT molecular complexity index is 875. The molecule has 0 aliphatic carbocycles. The average molecular weight is 507 g/mol. The minimum absolute atomic E-state index is 0.0565. The molecule has 0 aliphatic rings. The van der Waals surface area contributed by atoms with Crippen molar-refractivity contribution < 1.29 is 18.9 Å². The Morgan fingerprint density at radius 2 is 1.86 bits per heavy atom. The highest BCUT2D eigenvalue weighted by molar-refractivity contribution is 6.74. The monoisotopic (exact) mass is 506 g/mol. The van der Waals surface area contributed by atoms with Crippen molar-refractivity contribution in [3.63, 3.8) is 0 Å². The number of ether oxygens (including phenoxy) is 1. The molecule has 0 aliphatic heterocycles. The summed E-state index contributed by atoms with van der Waals surface area (Å²) in [5.41, 5.74) is 1.95. The van der Waals surface area contributed by atoms with Crippen molar-refractivity contribution in [2.75, 3.05) is 31.2 Å². The highest BCUT2D eigenvalue weighted by Gasteiger charge is 2.36. The van der Waals surface area contributed by atoms with E-state index in [-0.39, 0.29) is 22.3 Å². The van der Waals surface area contributed by atoms with Gasteiger partial charge in [0.2, 0.25) is 0 Å². The third-order valence-electron chi connectivity index (χ3n) is 6.52. The second-order valence-electron chi connectivity index (χ2n) is 11.0. The number of nitro benzene ring substituents is 1. The summed E-state index contributed by atoms with van der Waals surface area (Å²) >= 11 is 0. The van der Waals surface area contributed by atoms with Crippen LogP contribution in [-0.2, 0) is 14.0 Å². The van der Waals surface area contributed by atoms with Gasteiger partial charge < -0.3 is 14.1 Å². The number of hydrogen-bond donors (Lipinski definition) is 0. The predicted octanol–water partition coefficient (Wildman–Crippen LogP) is 7.22. The zero-order valence-electron chi connectivity index (χ0n) is 23.3. The summed E-state index contributed by atoms with van der Waals surface area (Å²) in [6.07, 6.45) is 4.31. The van der Waals surface area contributed by atoms with Gasteiger partial charge in [0, 0.05) is 31.8 Å². The maximum Gasteiger partial charge on any atom is 0.331 e. The van der Waals surface area contributed by atoms with Gasteiger partial charge in [0.25, 0.3) is 5.69 Å². The van der Waals surface area contributed by atoms with Crippen molar-refractivity contribution in [3.8, 4) is 0 Å². The number of anilines is 1. The van der Waals surface area contributed by atoms with Crippen LogP contribution in [0.2, 0.25) is 18.1 Å². The molecule has 0 heterocycles. The fourth-order valence-corrected chi connectivity index (χ4v) is 4.59. The molecule has 1 aromatic rings. The number of carbonyl (C=O) groups is 1. The van der Waals surface area contributed by atoms with Gasteiger partial charge in [-0.15, -0.1) is 0 Å². The van der Waals surface area contributed by atoms with Crippen LogP contribution in [0.25, 0.3) is 5.57 Å². The second-order valence-corrected chi connectivity index (χ2v) is 15.9. The van der Waals surface area contributed by atoms with Crippen LogP contribution in [0.15, 0.2) is 24.3 Å². The normalized spacial score (nSPS) is 12.7. The Morgan fingerprint density at radius 3 is 2.40 bits per heavy atom. The molecule has 0 unspecified atom stereocenters. The van der Waals surface area contributed by atoms with Gasteiger partial charge in [-0.3, -0.25) is 10.1 Å². The summed E-state index contributed by atoms with van der Waals surface area (Å²) in [5, 5.41) is 12.2. The molecule has 0 N–H and O–H groups in total. The van der Waals surface area contributed by atoms with Gasteiger partial charge in [-0.2, -0.15) is 0 Å². The molecule has 1 rings (SSSR count). The number of allylic oxidation sites excluding steroid dienone is 1. The first-order valence-electron chi connectivity index (χ1n) is 12.7.